The molecule has 1 aliphatic heterocycles. The molecular weight excluding hydrogens is 378 g/mol. The quantitative estimate of drug-likeness (QED) is 0.440. The minimum atomic E-state index is -0.224. The molecule has 1 amide bonds. The fourth-order valence-corrected chi connectivity index (χ4v) is 3.37. The van der Waals surface area contributed by atoms with Gasteiger partial charge in [0.15, 0.2) is 11.7 Å². The van der Waals surface area contributed by atoms with Crippen molar-refractivity contribution >= 4 is 29.2 Å². The number of carbonyl (C=O) groups excluding carboxylic acids is 1. The van der Waals surface area contributed by atoms with Crippen molar-refractivity contribution < 1.29 is 9.21 Å². The predicted octanol–water partition coefficient (Wildman–Crippen LogP) is 2.45. The fraction of sp³-hybridized carbons (Fsp3) is 0.400. The van der Waals surface area contributed by atoms with Crippen molar-refractivity contribution in [2.24, 2.45) is 4.99 Å². The van der Waals surface area contributed by atoms with E-state index in [1.54, 1.807) is 12.1 Å². The van der Waals surface area contributed by atoms with Crippen molar-refractivity contribution in [1.82, 2.24) is 15.5 Å². The molecule has 0 atom stereocenters. The van der Waals surface area contributed by atoms with Crippen molar-refractivity contribution in [3.05, 3.63) is 53.4 Å². The fourth-order valence-electron chi connectivity index (χ4n) is 3.12. The highest BCUT2D eigenvalue weighted by molar-refractivity contribution is 6.33. The first-order chi connectivity index (χ1) is 13.7. The number of nitrogens with zero attached hydrogens (tertiary/aromatic N) is 3. The lowest BCUT2D eigenvalue weighted by Crippen LogP contribution is -2.52. The third kappa shape index (κ3) is 5.19. The number of furan rings is 1. The summed E-state index contributed by atoms with van der Waals surface area (Å²) in [5.74, 6) is 0.957. The van der Waals surface area contributed by atoms with Crippen molar-refractivity contribution in [3.63, 3.8) is 0 Å². The minimum Gasteiger partial charge on any atom is -0.459 e. The van der Waals surface area contributed by atoms with E-state index in [1.165, 1.54) is 6.26 Å². The van der Waals surface area contributed by atoms with Gasteiger partial charge in [0.25, 0.3) is 5.91 Å². The number of hydrogen-bond acceptors (Lipinski definition) is 4. The zero-order chi connectivity index (χ0) is 19.8. The molecule has 0 unspecified atom stereocenters. The summed E-state index contributed by atoms with van der Waals surface area (Å²) in [6.07, 6.45) is 1.48. The van der Waals surface area contributed by atoms with E-state index in [1.807, 2.05) is 25.1 Å². The van der Waals surface area contributed by atoms with Crippen molar-refractivity contribution in [2.75, 3.05) is 50.7 Å². The normalized spacial score (nSPS) is 14.9. The van der Waals surface area contributed by atoms with Gasteiger partial charge in [0, 0.05) is 39.3 Å². The van der Waals surface area contributed by atoms with E-state index >= 15 is 0 Å². The van der Waals surface area contributed by atoms with Crippen LogP contribution in [0.1, 0.15) is 17.5 Å². The van der Waals surface area contributed by atoms with Crippen LogP contribution in [0.3, 0.4) is 0 Å². The molecule has 1 aromatic carbocycles. The summed E-state index contributed by atoms with van der Waals surface area (Å²) in [4.78, 5) is 21.1. The van der Waals surface area contributed by atoms with Crippen LogP contribution < -0.4 is 15.5 Å². The molecule has 0 aliphatic carbocycles. The van der Waals surface area contributed by atoms with E-state index in [0.717, 1.165) is 49.4 Å². The zero-order valence-electron chi connectivity index (χ0n) is 16.0. The van der Waals surface area contributed by atoms with Gasteiger partial charge in [-0.1, -0.05) is 23.7 Å². The molecule has 0 bridgehead atoms. The molecule has 0 spiro atoms. The van der Waals surface area contributed by atoms with Crippen LogP contribution >= 0.6 is 11.6 Å². The topological polar surface area (TPSA) is 73.1 Å². The molecule has 0 radical (unpaired) electrons. The molecule has 0 saturated carbocycles. The maximum atomic E-state index is 11.9. The Morgan fingerprint density at radius 1 is 1.14 bits per heavy atom. The number of guanidine groups is 1. The van der Waals surface area contributed by atoms with E-state index in [4.69, 9.17) is 16.0 Å². The Labute approximate surface area is 170 Å². The minimum absolute atomic E-state index is 0.224. The van der Waals surface area contributed by atoms with E-state index < -0.39 is 0 Å². The van der Waals surface area contributed by atoms with Gasteiger partial charge < -0.3 is 24.9 Å². The average Bonchev–Trinajstić information content (AvgIpc) is 3.26. The lowest BCUT2D eigenvalue weighted by Gasteiger charge is -2.38. The third-order valence-corrected chi connectivity index (χ3v) is 4.83. The number of benzene rings is 1. The number of carbonyl (C=O) groups is 1. The van der Waals surface area contributed by atoms with E-state index in [9.17, 15) is 4.79 Å². The van der Waals surface area contributed by atoms with Gasteiger partial charge in [0.1, 0.15) is 0 Å². The molecule has 150 valence electrons. The van der Waals surface area contributed by atoms with Gasteiger partial charge >= 0.3 is 0 Å². The lowest BCUT2D eigenvalue weighted by atomic mass is 10.2. The summed E-state index contributed by atoms with van der Waals surface area (Å²) in [6, 6.07) is 11.3. The maximum absolute atomic E-state index is 11.9. The Kier molecular flexibility index (Phi) is 7.19. The zero-order valence-corrected chi connectivity index (χ0v) is 16.8. The summed E-state index contributed by atoms with van der Waals surface area (Å²) in [5, 5.41) is 6.93. The molecule has 1 saturated heterocycles. The molecule has 8 heteroatoms. The summed E-state index contributed by atoms with van der Waals surface area (Å²) < 4.78 is 5.08. The number of anilines is 1. The molecule has 1 aromatic heterocycles. The Morgan fingerprint density at radius 2 is 1.93 bits per heavy atom. The monoisotopic (exact) mass is 403 g/mol. The van der Waals surface area contributed by atoms with Gasteiger partial charge in [-0.3, -0.25) is 9.79 Å². The second kappa shape index (κ2) is 10.0. The molecular formula is C20H26ClN5O2. The molecule has 1 aliphatic rings. The molecule has 2 heterocycles. The van der Waals surface area contributed by atoms with Crippen LogP contribution in [0.2, 0.25) is 5.02 Å². The van der Waals surface area contributed by atoms with Gasteiger partial charge in [-0.05, 0) is 31.2 Å². The molecule has 7 nitrogen and oxygen atoms in total. The molecule has 2 aromatic rings. The van der Waals surface area contributed by atoms with E-state index in [0.29, 0.717) is 18.8 Å². The van der Waals surface area contributed by atoms with Gasteiger partial charge in [0.2, 0.25) is 0 Å². The predicted molar refractivity (Wildman–Crippen MR) is 112 cm³/mol. The Hall–Kier alpha value is -2.67. The SMILES string of the molecule is CCNC(=NCCNC(=O)c1ccco1)N1CCN(c2ccccc2Cl)CC1. The highest BCUT2D eigenvalue weighted by Gasteiger charge is 2.21. The number of piperazine rings is 1. The van der Waals surface area contributed by atoms with Crippen molar-refractivity contribution in [3.8, 4) is 0 Å². The molecule has 28 heavy (non-hydrogen) atoms. The number of rotatable bonds is 6. The highest BCUT2D eigenvalue weighted by atomic mass is 35.5. The number of nitrogens with one attached hydrogen (secondary N) is 2. The molecule has 3 rings (SSSR count). The van der Waals surface area contributed by atoms with Crippen LogP contribution in [-0.2, 0) is 0 Å². The number of hydrogen-bond donors (Lipinski definition) is 2. The molecule has 1 fully saturated rings. The number of halogens is 1. The summed E-state index contributed by atoms with van der Waals surface area (Å²) in [7, 11) is 0. The Balaban J connectivity index is 1.50. The van der Waals surface area contributed by atoms with Gasteiger partial charge in [-0.2, -0.15) is 0 Å². The average molecular weight is 404 g/mol. The summed E-state index contributed by atoms with van der Waals surface area (Å²) in [5.41, 5.74) is 1.08. The van der Waals surface area contributed by atoms with Crippen LogP contribution in [0.4, 0.5) is 5.69 Å². The Bertz CT molecular complexity index is 786. The first kappa shape index (κ1) is 20.1. The van der Waals surface area contributed by atoms with Crippen LogP contribution in [-0.4, -0.2) is 62.6 Å². The van der Waals surface area contributed by atoms with Crippen molar-refractivity contribution in [2.45, 2.75) is 6.92 Å². The second-order valence-corrected chi connectivity index (χ2v) is 6.80. The maximum Gasteiger partial charge on any atom is 0.287 e. The number of amides is 1. The van der Waals surface area contributed by atoms with Crippen molar-refractivity contribution in [1.29, 1.82) is 0 Å². The summed E-state index contributed by atoms with van der Waals surface area (Å²) in [6.45, 7) is 7.27. The van der Waals surface area contributed by atoms with Crippen LogP contribution in [0.15, 0.2) is 52.1 Å². The van der Waals surface area contributed by atoms with Crippen LogP contribution in [0, 0.1) is 0 Å². The second-order valence-electron chi connectivity index (χ2n) is 6.39. The number of para-hydroxylation sites is 1. The first-order valence-electron chi connectivity index (χ1n) is 9.53. The standard InChI is InChI=1S/C20H26ClN5O2/c1-2-22-20(24-10-9-23-19(27)18-8-5-15-28-18)26-13-11-25(12-14-26)17-7-4-3-6-16(17)21/h3-8,15H,2,9-14H2,1H3,(H,22,24)(H,23,27). The largest absolute Gasteiger partial charge is 0.459 e. The highest BCUT2D eigenvalue weighted by Crippen LogP contribution is 2.25. The Morgan fingerprint density at radius 3 is 2.61 bits per heavy atom. The van der Waals surface area contributed by atoms with Crippen LogP contribution in [0.5, 0.6) is 0 Å². The third-order valence-electron chi connectivity index (χ3n) is 4.51. The van der Waals surface area contributed by atoms with E-state index in [2.05, 4.69) is 31.5 Å². The number of aliphatic imine (C=N–C) groups is 1. The lowest BCUT2D eigenvalue weighted by molar-refractivity contribution is 0.0927. The summed E-state index contributed by atoms with van der Waals surface area (Å²) >= 11 is 6.32. The molecule has 2 N–H and O–H groups in total. The van der Waals surface area contributed by atoms with Gasteiger partial charge in [-0.15, -0.1) is 0 Å². The van der Waals surface area contributed by atoms with Gasteiger partial charge in [-0.25, -0.2) is 0 Å². The first-order valence-corrected chi connectivity index (χ1v) is 9.91. The smallest absolute Gasteiger partial charge is 0.287 e. The van der Waals surface area contributed by atoms with E-state index in [-0.39, 0.29) is 5.91 Å². The van der Waals surface area contributed by atoms with Gasteiger partial charge in [0.05, 0.1) is 23.5 Å². The van der Waals surface area contributed by atoms with Crippen LogP contribution in [0.25, 0.3) is 0 Å².